The van der Waals surface area contributed by atoms with E-state index in [2.05, 4.69) is 51.8 Å². The molecule has 0 aromatic rings. The van der Waals surface area contributed by atoms with E-state index in [1.807, 2.05) is 26.0 Å². The van der Waals surface area contributed by atoms with Crippen molar-refractivity contribution >= 4 is 0 Å². The first-order valence-electron chi connectivity index (χ1n) is 20.2. The predicted octanol–water partition coefficient (Wildman–Crippen LogP) is 13.0. The highest BCUT2D eigenvalue weighted by molar-refractivity contribution is 4.95. The number of nitrogens with zero attached hydrogens (tertiary/aromatic N) is 4. The largest absolute Gasteiger partial charge is 0.249 e. The minimum atomic E-state index is -1.35. The highest BCUT2D eigenvalue weighted by Crippen LogP contribution is 2.54. The Kier molecular flexibility index (Phi) is 30.1. The molecule has 4 unspecified atom stereocenters. The molecule has 10 heteroatoms. The van der Waals surface area contributed by atoms with E-state index in [-0.39, 0.29) is 11.8 Å². The van der Waals surface area contributed by atoms with Crippen LogP contribution in [0, 0.1) is 45.3 Å². The molecule has 0 aromatic heterocycles. The number of hydrogen-bond acceptors (Lipinski definition) is 10. The molecule has 0 radical (unpaired) electrons. The summed E-state index contributed by atoms with van der Waals surface area (Å²) in [6.45, 7) is 21.6. The molecular weight excluding hydrogens is 632 g/mol. The van der Waals surface area contributed by atoms with Crippen molar-refractivity contribution < 1.29 is 30.1 Å². The van der Waals surface area contributed by atoms with E-state index < -0.39 is 22.4 Å². The molecule has 0 heterocycles. The summed E-state index contributed by atoms with van der Waals surface area (Å²) >= 11 is 0. The van der Waals surface area contributed by atoms with Crippen LogP contribution in [0.5, 0.6) is 0 Å². The number of hydrogen-bond donors (Lipinski definition) is 2. The van der Waals surface area contributed by atoms with Crippen LogP contribution in [0.1, 0.15) is 198 Å². The average molecular weight is 711 g/mol. The van der Waals surface area contributed by atoms with Crippen LogP contribution in [0.15, 0.2) is 10.2 Å². The van der Waals surface area contributed by atoms with Crippen molar-refractivity contribution in [2.75, 3.05) is 13.1 Å². The lowest BCUT2D eigenvalue weighted by molar-refractivity contribution is -0.603. The summed E-state index contributed by atoms with van der Waals surface area (Å²) in [6.07, 6.45) is 18.6. The summed E-state index contributed by atoms with van der Waals surface area (Å²) in [7, 11) is 0. The molecule has 50 heavy (non-hydrogen) atoms. The minimum Gasteiger partial charge on any atom is -0.249 e. The van der Waals surface area contributed by atoms with Crippen LogP contribution in [-0.2, 0) is 19.6 Å². The lowest BCUT2D eigenvalue weighted by atomic mass is 9.67. The Morgan fingerprint density at radius 1 is 0.500 bits per heavy atom. The number of nitriles is 2. The van der Waals surface area contributed by atoms with Crippen LogP contribution >= 0.6 is 0 Å². The van der Waals surface area contributed by atoms with E-state index in [1.54, 1.807) is 13.8 Å². The maximum atomic E-state index is 10.6. The van der Waals surface area contributed by atoms with Gasteiger partial charge >= 0.3 is 0 Å². The van der Waals surface area contributed by atoms with Crippen molar-refractivity contribution in [2.45, 2.75) is 209 Å². The van der Waals surface area contributed by atoms with Gasteiger partial charge < -0.3 is 0 Å². The second-order valence-corrected chi connectivity index (χ2v) is 14.5. The second kappa shape index (κ2) is 29.9. The van der Waals surface area contributed by atoms with E-state index in [4.69, 9.17) is 30.1 Å². The smallest absolute Gasteiger partial charge is 0.239 e. The molecule has 0 spiro atoms. The average Bonchev–Trinajstić information content (AvgIpc) is 3.15. The molecule has 10 nitrogen and oxygen atoms in total. The Morgan fingerprint density at radius 2 is 0.740 bits per heavy atom. The van der Waals surface area contributed by atoms with Gasteiger partial charge in [-0.05, 0) is 52.4 Å². The summed E-state index contributed by atoms with van der Waals surface area (Å²) in [5.41, 5.74) is -0.821. The number of unbranched alkanes of at least 4 members (excludes halogenated alkanes) is 6. The lowest BCUT2D eigenvalue weighted by Gasteiger charge is -2.51. The van der Waals surface area contributed by atoms with Crippen LogP contribution in [-0.4, -0.2) is 35.2 Å². The number of azo groups is 1. The standard InChI is InChI=1S/C32H66O6.C8H12N4/c1-9-17-23-29(24-18-10-2,25-19-11-3)31(15-7,35-33)37-38-32(16-8,36-34)30(26-20-12-4,27-21-13-5)28-22-14-6;1-7(3-9)5-11-12-6-8(2)4-10/h33-34H,9-28H2,1-8H3;7-8H,5-6H2,1-2H3. The number of rotatable bonds is 31. The highest BCUT2D eigenvalue weighted by Gasteiger charge is 2.58. The van der Waals surface area contributed by atoms with Crippen LogP contribution in [0.25, 0.3) is 0 Å². The molecule has 0 fully saturated rings. The maximum Gasteiger partial charge on any atom is 0.239 e. The fourth-order valence-electron chi connectivity index (χ4n) is 6.96. The van der Waals surface area contributed by atoms with Gasteiger partial charge in [-0.1, -0.05) is 132 Å². The van der Waals surface area contributed by atoms with Gasteiger partial charge in [0.2, 0.25) is 11.6 Å². The molecule has 2 N–H and O–H groups in total. The maximum absolute atomic E-state index is 10.6. The Morgan fingerprint density at radius 3 is 0.900 bits per heavy atom. The van der Waals surface area contributed by atoms with Gasteiger partial charge in [-0.15, -0.1) is 0 Å². The fourth-order valence-corrected chi connectivity index (χ4v) is 6.96. The van der Waals surface area contributed by atoms with Gasteiger partial charge in [0.15, 0.2) is 0 Å². The quantitative estimate of drug-likeness (QED) is 0.0312. The minimum absolute atomic E-state index is 0.0915. The van der Waals surface area contributed by atoms with Gasteiger partial charge in [-0.25, -0.2) is 20.3 Å². The topological polar surface area (TPSA) is 150 Å². The predicted molar refractivity (Wildman–Crippen MR) is 202 cm³/mol. The van der Waals surface area contributed by atoms with Gasteiger partial charge in [0, 0.05) is 23.7 Å². The highest BCUT2D eigenvalue weighted by atomic mass is 17.3. The van der Waals surface area contributed by atoms with Crippen molar-refractivity contribution in [3.05, 3.63) is 0 Å². The summed E-state index contributed by atoms with van der Waals surface area (Å²) < 4.78 is 0. The molecular formula is C40H78N4O6. The molecule has 0 rings (SSSR count). The van der Waals surface area contributed by atoms with E-state index in [9.17, 15) is 10.5 Å². The van der Waals surface area contributed by atoms with E-state index >= 15 is 0 Å². The summed E-state index contributed by atoms with van der Waals surface area (Å²) in [5.74, 6) is -2.88. The van der Waals surface area contributed by atoms with Crippen molar-refractivity contribution in [1.29, 1.82) is 10.5 Å². The third kappa shape index (κ3) is 16.3. The van der Waals surface area contributed by atoms with E-state index in [0.717, 1.165) is 116 Å². The van der Waals surface area contributed by atoms with Crippen molar-refractivity contribution in [2.24, 2.45) is 32.9 Å². The Balaban J connectivity index is 0. The van der Waals surface area contributed by atoms with Crippen LogP contribution in [0.4, 0.5) is 0 Å². The Labute approximate surface area is 307 Å². The first kappa shape index (κ1) is 50.4. The first-order valence-corrected chi connectivity index (χ1v) is 20.2. The van der Waals surface area contributed by atoms with Crippen molar-refractivity contribution in [3.8, 4) is 12.1 Å². The zero-order valence-electron chi connectivity index (χ0n) is 34.0. The molecule has 0 saturated heterocycles. The molecule has 0 bridgehead atoms. The van der Waals surface area contributed by atoms with Gasteiger partial charge in [0.05, 0.1) is 37.1 Å². The molecule has 0 saturated carbocycles. The normalized spacial score (nSPS) is 15.7. The molecule has 4 atom stereocenters. The zero-order chi connectivity index (χ0) is 38.4. The summed E-state index contributed by atoms with van der Waals surface area (Å²) in [4.78, 5) is 23.6. The molecule has 0 amide bonds. The van der Waals surface area contributed by atoms with E-state index in [0.29, 0.717) is 25.9 Å². The van der Waals surface area contributed by atoms with Gasteiger partial charge in [0.25, 0.3) is 0 Å². The monoisotopic (exact) mass is 711 g/mol. The second-order valence-electron chi connectivity index (χ2n) is 14.5. The fraction of sp³-hybridized carbons (Fsp3) is 0.950. The molecule has 0 aliphatic rings. The SMILES string of the molecule is CC(C#N)CN=NCC(C)C#N.CCCCC(CCCC)(CCCC)C(CC)(OO)OOC(CC)(OO)C(CCCC)(CCCC)CCCC. The third-order valence-electron chi connectivity index (χ3n) is 10.5. The van der Waals surface area contributed by atoms with E-state index in [1.165, 1.54) is 0 Å². The first-order chi connectivity index (χ1) is 24.0. The van der Waals surface area contributed by atoms with Crippen molar-refractivity contribution in [3.63, 3.8) is 0 Å². The molecule has 0 aliphatic carbocycles. The lowest BCUT2D eigenvalue weighted by Crippen LogP contribution is -2.57. The molecule has 0 aliphatic heterocycles. The zero-order valence-corrected chi connectivity index (χ0v) is 34.0. The van der Waals surface area contributed by atoms with Gasteiger partial charge in [-0.2, -0.15) is 30.5 Å². The van der Waals surface area contributed by atoms with Crippen LogP contribution in [0.3, 0.4) is 0 Å². The van der Waals surface area contributed by atoms with Crippen LogP contribution in [0.2, 0.25) is 0 Å². The third-order valence-corrected chi connectivity index (χ3v) is 10.5. The summed E-state index contributed by atoms with van der Waals surface area (Å²) in [6, 6.07) is 4.10. The van der Waals surface area contributed by atoms with Crippen LogP contribution < -0.4 is 0 Å². The summed E-state index contributed by atoms with van der Waals surface area (Å²) in [5, 5.41) is 45.5. The van der Waals surface area contributed by atoms with Gasteiger partial charge in [-0.3, -0.25) is 0 Å². The Hall–Kier alpha value is -1.66. The molecule has 0 aromatic carbocycles. The molecule has 294 valence electrons. The Bertz CT molecular complexity index is 795. The van der Waals surface area contributed by atoms with Crippen molar-refractivity contribution in [1.82, 2.24) is 0 Å². The van der Waals surface area contributed by atoms with Gasteiger partial charge in [0.1, 0.15) is 0 Å².